The molecule has 0 radical (unpaired) electrons. The molecular formula is C21H35N5O2. The number of nitrogens with zero attached hydrogens (tertiary/aromatic N) is 3. The fraction of sp³-hybridized carbons (Fsp3) is 0.714. The molecule has 2 saturated heterocycles. The van der Waals surface area contributed by atoms with Crippen molar-refractivity contribution in [2.24, 2.45) is 10.9 Å². The van der Waals surface area contributed by atoms with Crippen LogP contribution in [0.5, 0.6) is 0 Å². The number of ether oxygens (including phenoxy) is 2. The van der Waals surface area contributed by atoms with Crippen LogP contribution in [0.3, 0.4) is 0 Å². The summed E-state index contributed by atoms with van der Waals surface area (Å²) in [5.41, 5.74) is 1.22. The van der Waals surface area contributed by atoms with Crippen molar-refractivity contribution in [3.05, 3.63) is 23.9 Å². The van der Waals surface area contributed by atoms with Crippen molar-refractivity contribution in [1.82, 2.24) is 15.6 Å². The smallest absolute Gasteiger partial charge is 0.191 e. The van der Waals surface area contributed by atoms with Gasteiger partial charge in [0.2, 0.25) is 0 Å². The van der Waals surface area contributed by atoms with Crippen LogP contribution in [0.2, 0.25) is 0 Å². The molecule has 3 heterocycles. The van der Waals surface area contributed by atoms with Gasteiger partial charge in [-0.15, -0.1) is 0 Å². The summed E-state index contributed by atoms with van der Waals surface area (Å²) in [6.45, 7) is 7.23. The first-order valence-electron chi connectivity index (χ1n) is 10.6. The highest BCUT2D eigenvalue weighted by molar-refractivity contribution is 5.79. The van der Waals surface area contributed by atoms with Gasteiger partial charge < -0.3 is 25.0 Å². The van der Waals surface area contributed by atoms with Crippen molar-refractivity contribution in [2.75, 3.05) is 58.0 Å². The van der Waals surface area contributed by atoms with Gasteiger partial charge in [0.1, 0.15) is 5.82 Å². The first kappa shape index (κ1) is 20.9. The lowest BCUT2D eigenvalue weighted by Gasteiger charge is -2.21. The number of pyridine rings is 1. The van der Waals surface area contributed by atoms with Gasteiger partial charge in [0.05, 0.1) is 0 Å². The van der Waals surface area contributed by atoms with E-state index in [1.807, 2.05) is 6.20 Å². The monoisotopic (exact) mass is 389 g/mol. The van der Waals surface area contributed by atoms with Gasteiger partial charge in [-0.1, -0.05) is 0 Å². The number of hydrogen-bond donors (Lipinski definition) is 2. The highest BCUT2D eigenvalue weighted by Gasteiger charge is 2.14. The molecule has 2 aliphatic heterocycles. The molecule has 0 saturated carbocycles. The van der Waals surface area contributed by atoms with E-state index in [-0.39, 0.29) is 0 Å². The van der Waals surface area contributed by atoms with Gasteiger partial charge >= 0.3 is 0 Å². The molecule has 0 spiro atoms. The number of guanidine groups is 1. The average molecular weight is 390 g/mol. The first-order chi connectivity index (χ1) is 13.8. The van der Waals surface area contributed by atoms with E-state index in [1.165, 1.54) is 18.4 Å². The molecule has 0 bridgehead atoms. The van der Waals surface area contributed by atoms with Gasteiger partial charge in [0, 0.05) is 65.9 Å². The van der Waals surface area contributed by atoms with Crippen molar-refractivity contribution in [1.29, 1.82) is 0 Å². The number of rotatable bonds is 9. The van der Waals surface area contributed by atoms with Crippen molar-refractivity contribution in [3.8, 4) is 0 Å². The van der Waals surface area contributed by atoms with Gasteiger partial charge in [0.25, 0.3) is 0 Å². The molecule has 1 aromatic rings. The Morgan fingerprint density at radius 3 is 2.89 bits per heavy atom. The molecule has 156 valence electrons. The van der Waals surface area contributed by atoms with Crippen LogP contribution >= 0.6 is 0 Å². The minimum absolute atomic E-state index is 0.668. The van der Waals surface area contributed by atoms with Crippen LogP contribution in [-0.2, 0) is 16.0 Å². The normalized spacial score (nSPS) is 18.5. The molecule has 2 fully saturated rings. The Kier molecular flexibility index (Phi) is 8.84. The number of aliphatic imine (C=N–C) groups is 1. The molecule has 2 N–H and O–H groups in total. The van der Waals surface area contributed by atoms with Crippen LogP contribution in [-0.4, -0.2) is 64.1 Å². The average Bonchev–Trinajstić information content (AvgIpc) is 3.29. The second kappa shape index (κ2) is 11.9. The Bertz CT molecular complexity index is 598. The highest BCUT2D eigenvalue weighted by Crippen LogP contribution is 2.18. The Balaban J connectivity index is 1.29. The van der Waals surface area contributed by atoms with Crippen molar-refractivity contribution in [2.45, 2.75) is 38.6 Å². The third-order valence-electron chi connectivity index (χ3n) is 5.38. The summed E-state index contributed by atoms with van der Waals surface area (Å²) in [4.78, 5) is 11.2. The summed E-state index contributed by atoms with van der Waals surface area (Å²) in [7, 11) is 1.80. The van der Waals surface area contributed by atoms with E-state index in [0.717, 1.165) is 83.6 Å². The van der Waals surface area contributed by atoms with Crippen molar-refractivity contribution >= 4 is 11.8 Å². The summed E-state index contributed by atoms with van der Waals surface area (Å²) >= 11 is 0. The van der Waals surface area contributed by atoms with Gasteiger partial charge in [-0.3, -0.25) is 4.99 Å². The van der Waals surface area contributed by atoms with Gasteiger partial charge in [0.15, 0.2) is 5.96 Å². The zero-order valence-corrected chi connectivity index (χ0v) is 17.2. The number of anilines is 1. The zero-order chi connectivity index (χ0) is 19.4. The number of hydrogen-bond acceptors (Lipinski definition) is 5. The maximum Gasteiger partial charge on any atom is 0.191 e. The minimum Gasteiger partial charge on any atom is -0.381 e. The van der Waals surface area contributed by atoms with E-state index in [9.17, 15) is 0 Å². The fourth-order valence-electron chi connectivity index (χ4n) is 3.64. The molecule has 0 aliphatic carbocycles. The Labute approximate surface area is 168 Å². The second-order valence-electron chi connectivity index (χ2n) is 7.55. The van der Waals surface area contributed by atoms with E-state index >= 15 is 0 Å². The molecular weight excluding hydrogens is 354 g/mol. The van der Waals surface area contributed by atoms with Gasteiger partial charge in [-0.25, -0.2) is 4.98 Å². The van der Waals surface area contributed by atoms with E-state index in [0.29, 0.717) is 5.92 Å². The molecule has 7 nitrogen and oxygen atoms in total. The van der Waals surface area contributed by atoms with E-state index in [2.05, 4.69) is 37.6 Å². The molecule has 3 rings (SSSR count). The molecule has 28 heavy (non-hydrogen) atoms. The maximum atomic E-state index is 5.81. The molecule has 7 heteroatoms. The summed E-state index contributed by atoms with van der Waals surface area (Å²) < 4.78 is 11.2. The standard InChI is InChI=1S/C21H35N5O2/c1-22-21(24-8-4-12-28-17-18-6-13-27-14-7-18)25-16-19-5-9-23-20(15-19)26-10-2-3-11-26/h5,9,15,18H,2-4,6-8,10-14,16-17H2,1H3,(H2,22,24,25). The minimum atomic E-state index is 0.668. The maximum absolute atomic E-state index is 5.81. The topological polar surface area (TPSA) is 71.0 Å². The third kappa shape index (κ3) is 6.95. The van der Waals surface area contributed by atoms with E-state index in [4.69, 9.17) is 9.47 Å². The fourth-order valence-corrected chi connectivity index (χ4v) is 3.64. The molecule has 0 aromatic carbocycles. The second-order valence-corrected chi connectivity index (χ2v) is 7.55. The third-order valence-corrected chi connectivity index (χ3v) is 5.38. The number of aromatic nitrogens is 1. The Hall–Kier alpha value is -1.86. The largest absolute Gasteiger partial charge is 0.381 e. The van der Waals surface area contributed by atoms with E-state index in [1.54, 1.807) is 7.05 Å². The zero-order valence-electron chi connectivity index (χ0n) is 17.2. The van der Waals surface area contributed by atoms with Gasteiger partial charge in [-0.2, -0.15) is 0 Å². The SMILES string of the molecule is CN=C(NCCCOCC1CCOCC1)NCc1ccnc(N2CCCC2)c1. The highest BCUT2D eigenvalue weighted by atomic mass is 16.5. The van der Waals surface area contributed by atoms with Gasteiger partial charge in [-0.05, 0) is 55.7 Å². The first-order valence-corrected chi connectivity index (χ1v) is 10.6. The lowest BCUT2D eigenvalue weighted by Crippen LogP contribution is -2.37. The summed E-state index contributed by atoms with van der Waals surface area (Å²) in [5, 5.41) is 6.74. The Morgan fingerprint density at radius 2 is 2.11 bits per heavy atom. The molecule has 0 amide bonds. The van der Waals surface area contributed by atoms with E-state index < -0.39 is 0 Å². The molecule has 2 aliphatic rings. The van der Waals surface area contributed by atoms with Crippen molar-refractivity contribution < 1.29 is 9.47 Å². The summed E-state index contributed by atoms with van der Waals surface area (Å²) in [6.07, 6.45) is 7.65. The summed E-state index contributed by atoms with van der Waals surface area (Å²) in [6, 6.07) is 4.24. The Morgan fingerprint density at radius 1 is 1.29 bits per heavy atom. The van der Waals surface area contributed by atoms with Crippen LogP contribution in [0.25, 0.3) is 0 Å². The predicted octanol–water partition coefficient (Wildman–Crippen LogP) is 2.18. The predicted molar refractivity (Wildman–Crippen MR) is 113 cm³/mol. The quantitative estimate of drug-likeness (QED) is 0.383. The molecule has 0 unspecified atom stereocenters. The van der Waals surface area contributed by atoms with Crippen LogP contribution in [0, 0.1) is 5.92 Å². The molecule has 1 aromatic heterocycles. The van der Waals surface area contributed by atoms with Crippen LogP contribution in [0.15, 0.2) is 23.3 Å². The molecule has 0 atom stereocenters. The van der Waals surface area contributed by atoms with Crippen LogP contribution in [0.1, 0.15) is 37.7 Å². The lowest BCUT2D eigenvalue weighted by atomic mass is 10.0. The number of nitrogens with one attached hydrogen (secondary N) is 2. The van der Waals surface area contributed by atoms with Crippen LogP contribution < -0.4 is 15.5 Å². The lowest BCUT2D eigenvalue weighted by molar-refractivity contribution is 0.0203. The van der Waals surface area contributed by atoms with Crippen molar-refractivity contribution in [3.63, 3.8) is 0 Å². The summed E-state index contributed by atoms with van der Waals surface area (Å²) in [5.74, 6) is 2.58. The van der Waals surface area contributed by atoms with Crippen LogP contribution in [0.4, 0.5) is 5.82 Å².